The molecule has 6 nitrogen and oxygen atoms in total. The van der Waals surface area contributed by atoms with Gasteiger partial charge < -0.3 is 4.42 Å². The second-order valence-electron chi connectivity index (χ2n) is 6.13. The number of carbonyl (C=O) groups excluding carboxylic acids is 1. The fraction of sp³-hybridized carbons (Fsp3) is 0.100. The molecular formula is C20H15FN4O2S. The molecule has 0 fully saturated rings. The molecule has 3 aromatic heterocycles. The number of pyridine rings is 1. The smallest absolute Gasteiger partial charge is 0.295 e. The van der Waals surface area contributed by atoms with Gasteiger partial charge in [0.25, 0.3) is 5.91 Å². The van der Waals surface area contributed by atoms with Gasteiger partial charge >= 0.3 is 0 Å². The van der Waals surface area contributed by atoms with Crippen molar-refractivity contribution in [3.63, 3.8) is 0 Å². The molecule has 0 aliphatic heterocycles. The highest BCUT2D eigenvalue weighted by atomic mass is 32.1. The van der Waals surface area contributed by atoms with Crippen LogP contribution in [-0.2, 0) is 0 Å². The van der Waals surface area contributed by atoms with Gasteiger partial charge in [-0.1, -0.05) is 6.07 Å². The van der Waals surface area contributed by atoms with Crippen LogP contribution in [-0.4, -0.2) is 20.9 Å². The van der Waals surface area contributed by atoms with Gasteiger partial charge in [-0.3, -0.25) is 15.1 Å². The number of aryl methyl sites for hydroxylation is 2. The van der Waals surface area contributed by atoms with E-state index >= 15 is 0 Å². The van der Waals surface area contributed by atoms with E-state index in [1.165, 1.54) is 42.0 Å². The Labute approximate surface area is 164 Å². The van der Waals surface area contributed by atoms with E-state index in [-0.39, 0.29) is 11.6 Å². The SMILES string of the molecule is Cc1ccc(-c2csc(NC(=O)c3ocnc3-c3ccc(F)cc3)n2)nc1C. The highest BCUT2D eigenvalue weighted by Crippen LogP contribution is 2.27. The average Bonchev–Trinajstić information content (AvgIpc) is 3.34. The summed E-state index contributed by atoms with van der Waals surface area (Å²) in [6.45, 7) is 3.93. The predicted molar refractivity (Wildman–Crippen MR) is 105 cm³/mol. The van der Waals surface area contributed by atoms with E-state index in [1.54, 1.807) is 0 Å². The predicted octanol–water partition coefficient (Wildman–Crippen LogP) is 4.87. The number of aromatic nitrogens is 3. The third kappa shape index (κ3) is 3.54. The number of benzene rings is 1. The molecule has 1 aromatic carbocycles. The van der Waals surface area contributed by atoms with E-state index in [2.05, 4.69) is 20.3 Å². The Morgan fingerprint density at radius 3 is 2.61 bits per heavy atom. The summed E-state index contributed by atoms with van der Waals surface area (Å²) in [5.41, 5.74) is 4.38. The van der Waals surface area contributed by atoms with Gasteiger partial charge in [0.1, 0.15) is 17.2 Å². The minimum absolute atomic E-state index is 0.0349. The molecular weight excluding hydrogens is 379 g/mol. The Balaban J connectivity index is 1.55. The molecule has 140 valence electrons. The van der Waals surface area contributed by atoms with E-state index in [0.29, 0.717) is 22.1 Å². The lowest BCUT2D eigenvalue weighted by atomic mass is 10.1. The summed E-state index contributed by atoms with van der Waals surface area (Å²) in [4.78, 5) is 25.6. The molecule has 4 aromatic rings. The lowest BCUT2D eigenvalue weighted by Gasteiger charge is -2.02. The molecule has 0 aliphatic rings. The lowest BCUT2D eigenvalue weighted by Crippen LogP contribution is -2.12. The van der Waals surface area contributed by atoms with E-state index < -0.39 is 5.91 Å². The monoisotopic (exact) mass is 394 g/mol. The molecule has 1 N–H and O–H groups in total. The van der Waals surface area contributed by atoms with Crippen LogP contribution in [0.3, 0.4) is 0 Å². The van der Waals surface area contributed by atoms with Gasteiger partial charge in [0, 0.05) is 16.6 Å². The van der Waals surface area contributed by atoms with Crippen LogP contribution in [0.15, 0.2) is 52.6 Å². The van der Waals surface area contributed by atoms with Crippen molar-refractivity contribution in [3.05, 3.63) is 71.0 Å². The van der Waals surface area contributed by atoms with E-state index in [4.69, 9.17) is 4.42 Å². The first-order chi connectivity index (χ1) is 13.5. The minimum Gasteiger partial charge on any atom is -0.438 e. The van der Waals surface area contributed by atoms with Crippen molar-refractivity contribution in [2.24, 2.45) is 0 Å². The molecule has 0 radical (unpaired) electrons. The Hall–Kier alpha value is -3.39. The first kappa shape index (κ1) is 18.0. The maximum Gasteiger partial charge on any atom is 0.295 e. The van der Waals surface area contributed by atoms with Crippen LogP contribution >= 0.6 is 11.3 Å². The van der Waals surface area contributed by atoms with Crippen molar-refractivity contribution in [3.8, 4) is 22.6 Å². The highest BCUT2D eigenvalue weighted by molar-refractivity contribution is 7.14. The summed E-state index contributed by atoms with van der Waals surface area (Å²) < 4.78 is 18.4. The van der Waals surface area contributed by atoms with Crippen LogP contribution in [0.25, 0.3) is 22.6 Å². The molecule has 28 heavy (non-hydrogen) atoms. The lowest BCUT2D eigenvalue weighted by molar-refractivity contribution is 0.0997. The van der Waals surface area contributed by atoms with Crippen molar-refractivity contribution in [2.45, 2.75) is 13.8 Å². The van der Waals surface area contributed by atoms with Crippen LogP contribution in [0.4, 0.5) is 9.52 Å². The summed E-state index contributed by atoms with van der Waals surface area (Å²) in [5, 5.41) is 4.96. The minimum atomic E-state index is -0.481. The summed E-state index contributed by atoms with van der Waals surface area (Å²) in [5.74, 6) is -0.813. The third-order valence-corrected chi connectivity index (χ3v) is 4.99. The van der Waals surface area contributed by atoms with Crippen LogP contribution in [0.1, 0.15) is 21.8 Å². The maximum absolute atomic E-state index is 13.1. The van der Waals surface area contributed by atoms with Crippen LogP contribution < -0.4 is 5.32 Å². The topological polar surface area (TPSA) is 80.9 Å². The zero-order valence-electron chi connectivity index (χ0n) is 15.1. The molecule has 4 rings (SSSR count). The van der Waals surface area contributed by atoms with Gasteiger partial charge in [0.15, 0.2) is 11.5 Å². The van der Waals surface area contributed by atoms with Crippen LogP contribution in [0.5, 0.6) is 0 Å². The Morgan fingerprint density at radius 1 is 1.07 bits per heavy atom. The molecule has 3 heterocycles. The fourth-order valence-electron chi connectivity index (χ4n) is 2.60. The molecule has 0 saturated heterocycles. The van der Waals surface area contributed by atoms with Gasteiger partial charge in [0.2, 0.25) is 5.76 Å². The number of thiazole rings is 1. The number of anilines is 1. The van der Waals surface area contributed by atoms with Gasteiger partial charge in [0.05, 0.1) is 5.69 Å². The summed E-state index contributed by atoms with van der Waals surface area (Å²) in [7, 11) is 0. The molecule has 0 unspecified atom stereocenters. The number of nitrogens with one attached hydrogen (secondary N) is 1. The summed E-state index contributed by atoms with van der Waals surface area (Å²) in [6.07, 6.45) is 1.18. The largest absolute Gasteiger partial charge is 0.438 e. The highest BCUT2D eigenvalue weighted by Gasteiger charge is 2.20. The molecule has 0 atom stereocenters. The number of carbonyl (C=O) groups is 1. The number of hydrogen-bond donors (Lipinski definition) is 1. The second kappa shape index (κ2) is 7.32. The Bertz CT molecular complexity index is 1150. The summed E-state index contributed by atoms with van der Waals surface area (Å²) >= 11 is 1.29. The van der Waals surface area contributed by atoms with Crippen molar-refractivity contribution < 1.29 is 13.6 Å². The normalized spacial score (nSPS) is 10.8. The quantitative estimate of drug-likeness (QED) is 0.534. The fourth-order valence-corrected chi connectivity index (χ4v) is 3.30. The van der Waals surface area contributed by atoms with Crippen molar-refractivity contribution in [2.75, 3.05) is 5.32 Å². The number of rotatable bonds is 4. The number of nitrogens with zero attached hydrogens (tertiary/aromatic N) is 3. The van der Waals surface area contributed by atoms with E-state index in [0.717, 1.165) is 17.0 Å². The molecule has 0 spiro atoms. The van der Waals surface area contributed by atoms with Gasteiger partial charge in [-0.2, -0.15) is 0 Å². The average molecular weight is 394 g/mol. The van der Waals surface area contributed by atoms with Gasteiger partial charge in [-0.15, -0.1) is 11.3 Å². The molecule has 0 saturated carbocycles. The number of amides is 1. The van der Waals surface area contributed by atoms with Crippen molar-refractivity contribution in [1.82, 2.24) is 15.0 Å². The van der Waals surface area contributed by atoms with E-state index in [1.807, 2.05) is 31.4 Å². The zero-order valence-corrected chi connectivity index (χ0v) is 15.9. The standard InChI is InChI=1S/C20H15FN4O2S/c1-11-3-8-15(23-12(11)2)16-9-28-20(24-16)25-19(26)18-17(22-10-27-18)13-4-6-14(21)7-5-13/h3-10H,1-2H3,(H,24,25,26). The third-order valence-electron chi connectivity index (χ3n) is 4.23. The first-order valence-electron chi connectivity index (χ1n) is 8.42. The number of halogens is 1. The molecule has 0 bridgehead atoms. The molecule has 0 aliphatic carbocycles. The van der Waals surface area contributed by atoms with Crippen molar-refractivity contribution >= 4 is 22.4 Å². The van der Waals surface area contributed by atoms with Gasteiger partial charge in [-0.05, 0) is 49.7 Å². The van der Waals surface area contributed by atoms with Crippen molar-refractivity contribution in [1.29, 1.82) is 0 Å². The molecule has 8 heteroatoms. The first-order valence-corrected chi connectivity index (χ1v) is 9.30. The van der Waals surface area contributed by atoms with Crippen LogP contribution in [0, 0.1) is 19.7 Å². The van der Waals surface area contributed by atoms with E-state index in [9.17, 15) is 9.18 Å². The Kier molecular flexibility index (Phi) is 4.70. The Morgan fingerprint density at radius 2 is 1.86 bits per heavy atom. The number of hydrogen-bond acceptors (Lipinski definition) is 6. The second-order valence-corrected chi connectivity index (χ2v) is 6.99. The van der Waals surface area contributed by atoms with Crippen LogP contribution in [0.2, 0.25) is 0 Å². The maximum atomic E-state index is 13.1. The summed E-state index contributed by atoms with van der Waals surface area (Å²) in [6, 6.07) is 9.56. The molecule has 1 amide bonds. The van der Waals surface area contributed by atoms with Gasteiger partial charge in [-0.25, -0.2) is 14.4 Å². The number of oxazole rings is 1. The zero-order chi connectivity index (χ0) is 19.7.